The van der Waals surface area contributed by atoms with Gasteiger partial charge in [0, 0.05) is 4.88 Å². The normalized spacial score (nSPS) is 13.1. The van der Waals surface area contributed by atoms with Crippen molar-refractivity contribution < 1.29 is 4.79 Å². The number of carbonyl (C=O) groups excluding carboxylic acids is 1. The molecule has 29 heavy (non-hydrogen) atoms. The maximum Gasteiger partial charge on any atom is 0.285 e. The number of amides is 1. The van der Waals surface area contributed by atoms with Crippen molar-refractivity contribution in [1.82, 2.24) is 9.78 Å². The number of nitrogens with zero attached hydrogens (tertiary/aromatic N) is 4. The van der Waals surface area contributed by atoms with Gasteiger partial charge in [0.1, 0.15) is 29.2 Å². The fraction of sp³-hybridized carbons (Fsp3) is 0.476. The van der Waals surface area contributed by atoms with Gasteiger partial charge in [-0.15, -0.1) is 11.3 Å². The summed E-state index contributed by atoms with van der Waals surface area (Å²) in [6, 6.07) is 4.20. The summed E-state index contributed by atoms with van der Waals surface area (Å²) in [5.41, 5.74) is 2.37. The van der Waals surface area contributed by atoms with Gasteiger partial charge >= 0.3 is 0 Å². The average Bonchev–Trinajstić information content (AvgIpc) is 2.87. The highest BCUT2D eigenvalue weighted by Gasteiger charge is 2.22. The summed E-state index contributed by atoms with van der Waals surface area (Å²) >= 11 is 1.45. The van der Waals surface area contributed by atoms with Gasteiger partial charge in [0.2, 0.25) is 5.91 Å². The van der Waals surface area contributed by atoms with E-state index in [0.29, 0.717) is 34.7 Å². The minimum absolute atomic E-state index is 0.0488. The topological polar surface area (TPSA) is 112 Å². The van der Waals surface area contributed by atoms with Crippen molar-refractivity contribution in [3.8, 4) is 12.1 Å². The first-order valence-electron chi connectivity index (χ1n) is 9.91. The first-order chi connectivity index (χ1) is 14.0. The molecule has 1 aliphatic rings. The predicted octanol–water partition coefficient (Wildman–Crippen LogP) is 3.08. The Labute approximate surface area is 173 Å². The molecule has 0 aliphatic heterocycles. The van der Waals surface area contributed by atoms with Crippen LogP contribution in [0.4, 0.5) is 5.00 Å². The van der Waals surface area contributed by atoms with E-state index in [9.17, 15) is 20.1 Å². The van der Waals surface area contributed by atoms with Crippen LogP contribution < -0.4 is 10.9 Å². The van der Waals surface area contributed by atoms with Crippen molar-refractivity contribution in [2.45, 2.75) is 65.3 Å². The lowest BCUT2D eigenvalue weighted by Crippen LogP contribution is -2.33. The van der Waals surface area contributed by atoms with E-state index in [0.717, 1.165) is 47.2 Å². The zero-order valence-corrected chi connectivity index (χ0v) is 17.5. The number of nitrogens with one attached hydrogen (secondary N) is 1. The van der Waals surface area contributed by atoms with Crippen molar-refractivity contribution in [2.24, 2.45) is 0 Å². The van der Waals surface area contributed by atoms with Crippen LogP contribution in [0.1, 0.15) is 65.9 Å². The van der Waals surface area contributed by atoms with Gasteiger partial charge in [-0.2, -0.15) is 15.6 Å². The van der Waals surface area contributed by atoms with Crippen LogP contribution in [-0.4, -0.2) is 15.7 Å². The molecule has 2 heterocycles. The highest BCUT2D eigenvalue weighted by atomic mass is 32.1. The van der Waals surface area contributed by atoms with Crippen LogP contribution in [-0.2, 0) is 37.0 Å². The van der Waals surface area contributed by atoms with Gasteiger partial charge < -0.3 is 5.32 Å². The van der Waals surface area contributed by atoms with E-state index in [1.807, 2.05) is 19.9 Å². The summed E-state index contributed by atoms with van der Waals surface area (Å²) in [6.45, 7) is 3.48. The number of aryl methyl sites for hydroxylation is 2. The van der Waals surface area contributed by atoms with Gasteiger partial charge in [0.25, 0.3) is 5.56 Å². The van der Waals surface area contributed by atoms with Gasteiger partial charge in [0.05, 0.1) is 11.3 Å². The van der Waals surface area contributed by atoms with Crippen LogP contribution in [0.25, 0.3) is 0 Å². The Kier molecular flexibility index (Phi) is 6.46. The molecule has 0 fully saturated rings. The molecule has 0 saturated heterocycles. The highest BCUT2D eigenvalue weighted by Crippen LogP contribution is 2.36. The number of nitriles is 2. The number of anilines is 1. The van der Waals surface area contributed by atoms with Crippen LogP contribution in [0, 0.1) is 22.7 Å². The van der Waals surface area contributed by atoms with Crippen LogP contribution in [0.2, 0.25) is 0 Å². The van der Waals surface area contributed by atoms with E-state index < -0.39 is 11.5 Å². The van der Waals surface area contributed by atoms with Gasteiger partial charge in [-0.25, -0.2) is 4.68 Å². The standard InChI is InChI=1S/C21H23N5O2S/c1-3-13-16(11-23)21(28)26(25-17(13)4-2)12-19(27)24-20-15(10-22)14-8-6-5-7-9-18(14)29-20/h3-9,12H2,1-2H3,(H,24,27). The molecule has 0 spiro atoms. The smallest absolute Gasteiger partial charge is 0.285 e. The SMILES string of the molecule is CCc1nn(CC(=O)Nc2sc3c(c2C#N)CCCCC3)c(=O)c(C#N)c1CC. The Morgan fingerprint density at radius 2 is 1.86 bits per heavy atom. The van der Waals surface area contributed by atoms with Crippen molar-refractivity contribution in [3.05, 3.63) is 43.2 Å². The summed E-state index contributed by atoms with van der Waals surface area (Å²) in [4.78, 5) is 26.4. The molecule has 2 aromatic heterocycles. The first-order valence-corrected chi connectivity index (χ1v) is 10.7. The summed E-state index contributed by atoms with van der Waals surface area (Å²) in [7, 11) is 0. The molecular formula is C21H23N5O2S. The zero-order chi connectivity index (χ0) is 21.0. The number of rotatable bonds is 5. The fourth-order valence-corrected chi connectivity index (χ4v) is 5.05. The minimum atomic E-state index is -0.556. The third-order valence-corrected chi connectivity index (χ3v) is 6.43. The molecule has 1 aliphatic carbocycles. The number of aromatic nitrogens is 2. The Bertz CT molecular complexity index is 1080. The number of thiophene rings is 1. The van der Waals surface area contributed by atoms with Crippen molar-refractivity contribution in [3.63, 3.8) is 0 Å². The fourth-order valence-electron chi connectivity index (χ4n) is 3.79. The molecule has 0 unspecified atom stereocenters. The minimum Gasteiger partial charge on any atom is -0.315 e. The van der Waals surface area contributed by atoms with Crippen molar-refractivity contribution in [2.75, 3.05) is 5.32 Å². The lowest BCUT2D eigenvalue weighted by atomic mass is 10.0. The zero-order valence-electron chi connectivity index (χ0n) is 16.7. The maximum absolute atomic E-state index is 12.6. The van der Waals surface area contributed by atoms with Gasteiger partial charge in [-0.1, -0.05) is 20.3 Å². The lowest BCUT2D eigenvalue weighted by Gasteiger charge is -2.11. The molecular weight excluding hydrogens is 386 g/mol. The Hall–Kier alpha value is -2.97. The second-order valence-electron chi connectivity index (χ2n) is 7.01. The van der Waals surface area contributed by atoms with E-state index in [-0.39, 0.29) is 12.1 Å². The summed E-state index contributed by atoms with van der Waals surface area (Å²) in [5.74, 6) is -0.428. The molecule has 0 aromatic carbocycles. The Morgan fingerprint density at radius 3 is 2.52 bits per heavy atom. The molecule has 0 radical (unpaired) electrons. The molecule has 0 atom stereocenters. The molecule has 0 bridgehead atoms. The number of hydrogen-bond donors (Lipinski definition) is 1. The first kappa shape index (κ1) is 20.8. The molecule has 3 rings (SSSR count). The molecule has 1 N–H and O–H groups in total. The number of carbonyl (C=O) groups is 1. The second-order valence-corrected chi connectivity index (χ2v) is 8.12. The van der Waals surface area contributed by atoms with Crippen molar-refractivity contribution in [1.29, 1.82) is 10.5 Å². The Morgan fingerprint density at radius 1 is 1.14 bits per heavy atom. The third-order valence-electron chi connectivity index (χ3n) is 5.22. The van der Waals surface area contributed by atoms with E-state index in [1.54, 1.807) is 0 Å². The highest BCUT2D eigenvalue weighted by molar-refractivity contribution is 7.16. The van der Waals surface area contributed by atoms with E-state index in [4.69, 9.17) is 0 Å². The van der Waals surface area contributed by atoms with Crippen LogP contribution in [0.5, 0.6) is 0 Å². The molecule has 1 amide bonds. The Balaban J connectivity index is 1.88. The second kappa shape index (κ2) is 9.02. The predicted molar refractivity (Wildman–Crippen MR) is 111 cm³/mol. The van der Waals surface area contributed by atoms with E-state index in [2.05, 4.69) is 16.5 Å². The van der Waals surface area contributed by atoms with E-state index in [1.165, 1.54) is 11.3 Å². The van der Waals surface area contributed by atoms with Crippen LogP contribution >= 0.6 is 11.3 Å². The summed E-state index contributed by atoms with van der Waals surface area (Å²) < 4.78 is 1.05. The lowest BCUT2D eigenvalue weighted by molar-refractivity contribution is -0.117. The molecule has 0 saturated carbocycles. The molecule has 8 heteroatoms. The molecule has 7 nitrogen and oxygen atoms in total. The molecule has 150 valence electrons. The van der Waals surface area contributed by atoms with Gasteiger partial charge in [0.15, 0.2) is 0 Å². The third kappa shape index (κ3) is 4.08. The number of hydrogen-bond acceptors (Lipinski definition) is 6. The monoisotopic (exact) mass is 409 g/mol. The summed E-state index contributed by atoms with van der Waals surface area (Å²) in [5, 5.41) is 26.6. The van der Waals surface area contributed by atoms with Crippen LogP contribution in [0.3, 0.4) is 0 Å². The van der Waals surface area contributed by atoms with Crippen molar-refractivity contribution >= 4 is 22.2 Å². The molecule has 2 aromatic rings. The van der Waals surface area contributed by atoms with E-state index >= 15 is 0 Å². The number of fused-ring (bicyclic) bond motifs is 1. The van der Waals surface area contributed by atoms with Gasteiger partial charge in [-0.05, 0) is 49.7 Å². The maximum atomic E-state index is 12.6. The van der Waals surface area contributed by atoms with Crippen LogP contribution in [0.15, 0.2) is 4.79 Å². The summed E-state index contributed by atoms with van der Waals surface area (Å²) in [6.07, 6.45) is 6.17. The van der Waals surface area contributed by atoms with Gasteiger partial charge in [-0.3, -0.25) is 9.59 Å². The quantitative estimate of drug-likeness (QED) is 0.763. The average molecular weight is 410 g/mol. The largest absolute Gasteiger partial charge is 0.315 e.